The summed E-state index contributed by atoms with van der Waals surface area (Å²) in [6.07, 6.45) is 0. The first-order valence-electron chi connectivity index (χ1n) is 6.02. The minimum absolute atomic E-state index is 0.103. The summed E-state index contributed by atoms with van der Waals surface area (Å²) in [6.45, 7) is 1.67. The van der Waals surface area contributed by atoms with Crippen molar-refractivity contribution >= 4 is 23.2 Å². The lowest BCUT2D eigenvalue weighted by atomic mass is 10.2. The van der Waals surface area contributed by atoms with Gasteiger partial charge in [-0.1, -0.05) is 23.7 Å². The van der Waals surface area contributed by atoms with Crippen molar-refractivity contribution in [2.45, 2.75) is 6.92 Å². The third-order valence-electron chi connectivity index (χ3n) is 2.55. The Kier molecular flexibility index (Phi) is 4.48. The number of amides is 1. The van der Waals surface area contributed by atoms with Crippen LogP contribution in [0.3, 0.4) is 0 Å². The van der Waals surface area contributed by atoms with Gasteiger partial charge in [0.25, 0.3) is 5.91 Å². The second-order valence-electron chi connectivity index (χ2n) is 4.32. The molecule has 0 aliphatic rings. The maximum atomic E-state index is 11.8. The van der Waals surface area contributed by atoms with Gasteiger partial charge in [-0.05, 0) is 36.8 Å². The summed E-state index contributed by atoms with van der Waals surface area (Å²) in [6, 6.07) is 11.8. The summed E-state index contributed by atoms with van der Waals surface area (Å²) in [5.41, 5.74) is 1.39. The molecule has 0 saturated carbocycles. The average Bonchev–Trinajstić information content (AvgIpc) is 2.38. The van der Waals surface area contributed by atoms with Crippen LogP contribution in [0, 0.1) is 6.92 Å². The Balaban J connectivity index is 1.94. The molecule has 0 bridgehead atoms. The van der Waals surface area contributed by atoms with E-state index in [1.165, 1.54) is 6.07 Å². The Morgan fingerprint density at radius 2 is 2.05 bits per heavy atom. The molecule has 0 saturated heterocycles. The highest BCUT2D eigenvalue weighted by molar-refractivity contribution is 6.33. The van der Waals surface area contributed by atoms with Crippen molar-refractivity contribution in [3.63, 3.8) is 0 Å². The van der Waals surface area contributed by atoms with E-state index in [1.807, 2.05) is 6.92 Å². The fraction of sp³-hybridized carbons (Fsp3) is 0.133. The molecule has 0 spiro atoms. The van der Waals surface area contributed by atoms with Crippen LogP contribution in [0.2, 0.25) is 5.02 Å². The number of rotatable bonds is 4. The van der Waals surface area contributed by atoms with E-state index in [0.717, 1.165) is 5.56 Å². The van der Waals surface area contributed by atoms with Crippen LogP contribution < -0.4 is 10.1 Å². The van der Waals surface area contributed by atoms with Gasteiger partial charge in [-0.15, -0.1) is 0 Å². The van der Waals surface area contributed by atoms with Crippen LogP contribution in [0.25, 0.3) is 0 Å². The Morgan fingerprint density at radius 1 is 1.30 bits per heavy atom. The van der Waals surface area contributed by atoms with Gasteiger partial charge in [-0.25, -0.2) is 0 Å². The minimum Gasteiger partial charge on any atom is -0.508 e. The molecule has 0 aliphatic carbocycles. The van der Waals surface area contributed by atoms with Crippen molar-refractivity contribution in [3.05, 3.63) is 53.1 Å². The first kappa shape index (κ1) is 14.2. The number of aryl methyl sites for hydroxylation is 1. The monoisotopic (exact) mass is 291 g/mol. The van der Waals surface area contributed by atoms with Gasteiger partial charge in [0.1, 0.15) is 11.5 Å². The number of halogens is 1. The molecule has 0 aromatic heterocycles. The predicted octanol–water partition coefficient (Wildman–Crippen LogP) is 3.37. The lowest BCUT2D eigenvalue weighted by molar-refractivity contribution is -0.118. The van der Waals surface area contributed by atoms with Crippen LogP contribution in [-0.2, 0) is 4.79 Å². The van der Waals surface area contributed by atoms with E-state index in [0.29, 0.717) is 16.5 Å². The zero-order chi connectivity index (χ0) is 14.5. The molecule has 0 fully saturated rings. The molecule has 0 heterocycles. The van der Waals surface area contributed by atoms with Crippen LogP contribution >= 0.6 is 11.6 Å². The highest BCUT2D eigenvalue weighted by Crippen LogP contribution is 2.22. The molecule has 2 rings (SSSR count). The van der Waals surface area contributed by atoms with Crippen LogP contribution in [0.5, 0.6) is 11.5 Å². The minimum atomic E-state index is -0.320. The first-order valence-corrected chi connectivity index (χ1v) is 6.40. The van der Waals surface area contributed by atoms with Crippen molar-refractivity contribution in [1.29, 1.82) is 0 Å². The van der Waals surface area contributed by atoms with Crippen molar-refractivity contribution in [2.75, 3.05) is 11.9 Å². The van der Waals surface area contributed by atoms with E-state index in [2.05, 4.69) is 5.32 Å². The average molecular weight is 292 g/mol. The van der Waals surface area contributed by atoms with E-state index in [1.54, 1.807) is 36.4 Å². The number of phenols is 1. The molecular formula is C15H14ClNO3. The topological polar surface area (TPSA) is 58.6 Å². The van der Waals surface area contributed by atoms with E-state index >= 15 is 0 Å². The summed E-state index contributed by atoms with van der Waals surface area (Å²) >= 11 is 5.94. The van der Waals surface area contributed by atoms with Gasteiger partial charge in [0.05, 0.1) is 10.7 Å². The van der Waals surface area contributed by atoms with Crippen LogP contribution in [-0.4, -0.2) is 17.6 Å². The summed E-state index contributed by atoms with van der Waals surface area (Å²) in [5, 5.41) is 12.6. The number of carbonyl (C=O) groups is 1. The SMILES string of the molecule is Cc1cc(O)cc(OCC(=O)Nc2ccccc2Cl)c1. The van der Waals surface area contributed by atoms with Gasteiger partial charge < -0.3 is 15.2 Å². The molecule has 0 atom stereocenters. The second-order valence-corrected chi connectivity index (χ2v) is 4.73. The number of benzene rings is 2. The van der Waals surface area contributed by atoms with E-state index in [-0.39, 0.29) is 18.3 Å². The van der Waals surface area contributed by atoms with Gasteiger partial charge in [0, 0.05) is 6.07 Å². The number of nitrogens with one attached hydrogen (secondary N) is 1. The zero-order valence-corrected chi connectivity index (χ0v) is 11.6. The smallest absolute Gasteiger partial charge is 0.262 e. The molecule has 2 N–H and O–H groups in total. The van der Waals surface area contributed by atoms with Gasteiger partial charge >= 0.3 is 0 Å². The number of hydrogen-bond acceptors (Lipinski definition) is 3. The third kappa shape index (κ3) is 3.90. The number of ether oxygens (including phenoxy) is 1. The van der Waals surface area contributed by atoms with Crippen molar-refractivity contribution < 1.29 is 14.6 Å². The summed E-state index contributed by atoms with van der Waals surface area (Å²) in [7, 11) is 0. The molecule has 0 aliphatic heterocycles. The molecule has 20 heavy (non-hydrogen) atoms. The third-order valence-corrected chi connectivity index (χ3v) is 2.88. The number of hydrogen-bond donors (Lipinski definition) is 2. The number of anilines is 1. The number of aromatic hydroxyl groups is 1. The van der Waals surface area contributed by atoms with Crippen molar-refractivity contribution in [1.82, 2.24) is 0 Å². The normalized spacial score (nSPS) is 10.1. The van der Waals surface area contributed by atoms with Gasteiger partial charge in [-0.3, -0.25) is 4.79 Å². The molecule has 104 valence electrons. The van der Waals surface area contributed by atoms with E-state index < -0.39 is 0 Å². The van der Waals surface area contributed by atoms with E-state index in [4.69, 9.17) is 16.3 Å². The standard InChI is InChI=1S/C15H14ClNO3/c1-10-6-11(18)8-12(7-10)20-9-15(19)17-14-5-3-2-4-13(14)16/h2-8,18H,9H2,1H3,(H,17,19). The highest BCUT2D eigenvalue weighted by atomic mass is 35.5. The molecule has 2 aromatic rings. The molecule has 5 heteroatoms. The molecule has 0 unspecified atom stereocenters. The first-order chi connectivity index (χ1) is 9.54. The number of para-hydroxylation sites is 1. The summed E-state index contributed by atoms with van der Waals surface area (Å²) in [5.74, 6) is 0.224. The van der Waals surface area contributed by atoms with Crippen molar-refractivity contribution in [2.24, 2.45) is 0 Å². The number of phenolic OH excluding ortho intramolecular Hbond substituents is 1. The Hall–Kier alpha value is -2.20. The van der Waals surface area contributed by atoms with Gasteiger partial charge in [0.2, 0.25) is 0 Å². The quantitative estimate of drug-likeness (QED) is 0.908. The molecule has 2 aromatic carbocycles. The molecule has 1 amide bonds. The maximum absolute atomic E-state index is 11.8. The summed E-state index contributed by atoms with van der Waals surface area (Å²) < 4.78 is 5.33. The molecular weight excluding hydrogens is 278 g/mol. The van der Waals surface area contributed by atoms with Crippen LogP contribution in [0.15, 0.2) is 42.5 Å². The summed E-state index contributed by atoms with van der Waals surface area (Å²) in [4.78, 5) is 11.8. The Labute approximate surface area is 122 Å². The maximum Gasteiger partial charge on any atom is 0.262 e. The fourth-order valence-corrected chi connectivity index (χ4v) is 1.89. The second kappa shape index (κ2) is 6.30. The van der Waals surface area contributed by atoms with Crippen molar-refractivity contribution in [3.8, 4) is 11.5 Å². The molecule has 0 radical (unpaired) electrons. The highest BCUT2D eigenvalue weighted by Gasteiger charge is 2.07. The zero-order valence-electron chi connectivity index (χ0n) is 10.9. The fourth-order valence-electron chi connectivity index (χ4n) is 1.71. The largest absolute Gasteiger partial charge is 0.508 e. The lowest BCUT2D eigenvalue weighted by Crippen LogP contribution is -2.20. The van der Waals surface area contributed by atoms with Gasteiger partial charge in [0.15, 0.2) is 6.61 Å². The number of carbonyl (C=O) groups excluding carboxylic acids is 1. The molecule has 4 nitrogen and oxygen atoms in total. The van der Waals surface area contributed by atoms with Crippen LogP contribution in [0.1, 0.15) is 5.56 Å². The van der Waals surface area contributed by atoms with E-state index in [9.17, 15) is 9.90 Å². The predicted molar refractivity (Wildman–Crippen MR) is 78.4 cm³/mol. The Bertz CT molecular complexity index is 608. The Morgan fingerprint density at radius 3 is 2.75 bits per heavy atom. The van der Waals surface area contributed by atoms with Gasteiger partial charge in [-0.2, -0.15) is 0 Å². The van der Waals surface area contributed by atoms with Crippen LogP contribution in [0.4, 0.5) is 5.69 Å². The lowest BCUT2D eigenvalue weighted by Gasteiger charge is -2.09.